The molecule has 0 saturated heterocycles. The lowest BCUT2D eigenvalue weighted by Crippen LogP contribution is -2.33. The fourth-order valence-electron chi connectivity index (χ4n) is 2.07. The Balaban J connectivity index is 1.71. The molecule has 0 saturated carbocycles. The SMILES string of the molecule is O=C(COC(=O)CNC(=O)c1cccc([N+](=O)[O-])c1)NCc1ccc(Cl)cc1. The zero-order chi connectivity index (χ0) is 20.5. The van der Waals surface area contributed by atoms with E-state index in [1.807, 2.05) is 0 Å². The van der Waals surface area contributed by atoms with Crippen molar-refractivity contribution < 1.29 is 24.0 Å². The molecular weight excluding hydrogens is 390 g/mol. The standard InChI is InChI=1S/C18H16ClN3O6/c19-14-6-4-12(5-7-14)9-20-16(23)11-28-17(24)10-21-18(25)13-2-1-3-15(8-13)22(26)27/h1-8H,9-11H2,(H,20,23)(H,21,25). The minimum atomic E-state index is -0.819. The Bertz CT molecular complexity index is 885. The number of carbonyl (C=O) groups is 3. The average Bonchev–Trinajstić information content (AvgIpc) is 2.70. The van der Waals surface area contributed by atoms with Crippen LogP contribution in [0.1, 0.15) is 15.9 Å². The minimum absolute atomic E-state index is 0.0303. The van der Waals surface area contributed by atoms with Crippen LogP contribution in [0.4, 0.5) is 5.69 Å². The number of nitro benzene ring substituents is 1. The first-order chi connectivity index (χ1) is 13.3. The van der Waals surface area contributed by atoms with Gasteiger partial charge in [-0.3, -0.25) is 24.5 Å². The molecule has 10 heteroatoms. The lowest BCUT2D eigenvalue weighted by molar-refractivity contribution is -0.384. The van der Waals surface area contributed by atoms with Crippen molar-refractivity contribution >= 4 is 35.1 Å². The van der Waals surface area contributed by atoms with Gasteiger partial charge in [0.2, 0.25) is 0 Å². The van der Waals surface area contributed by atoms with Gasteiger partial charge in [0.05, 0.1) is 4.92 Å². The van der Waals surface area contributed by atoms with Crippen molar-refractivity contribution in [2.24, 2.45) is 0 Å². The van der Waals surface area contributed by atoms with E-state index in [1.165, 1.54) is 18.2 Å². The molecule has 0 atom stereocenters. The van der Waals surface area contributed by atoms with Gasteiger partial charge < -0.3 is 15.4 Å². The number of hydrogen-bond donors (Lipinski definition) is 2. The summed E-state index contributed by atoms with van der Waals surface area (Å²) in [4.78, 5) is 45.3. The predicted molar refractivity (Wildman–Crippen MR) is 99.7 cm³/mol. The third-order valence-electron chi connectivity index (χ3n) is 3.48. The summed E-state index contributed by atoms with van der Waals surface area (Å²) in [5, 5.41) is 16.1. The number of halogens is 1. The highest BCUT2D eigenvalue weighted by Crippen LogP contribution is 2.12. The van der Waals surface area contributed by atoms with Gasteiger partial charge in [0.1, 0.15) is 6.54 Å². The first kappa shape index (κ1) is 20.8. The van der Waals surface area contributed by atoms with Crippen molar-refractivity contribution in [2.75, 3.05) is 13.2 Å². The zero-order valence-corrected chi connectivity index (χ0v) is 15.3. The molecule has 0 radical (unpaired) electrons. The number of hydrogen-bond acceptors (Lipinski definition) is 6. The van der Waals surface area contributed by atoms with Crippen LogP contribution in [-0.4, -0.2) is 35.9 Å². The molecule has 0 fully saturated rings. The van der Waals surface area contributed by atoms with Crippen molar-refractivity contribution in [1.82, 2.24) is 10.6 Å². The summed E-state index contributed by atoms with van der Waals surface area (Å²) in [6.45, 7) is -0.734. The van der Waals surface area contributed by atoms with E-state index >= 15 is 0 Å². The Hall–Kier alpha value is -3.46. The number of carbonyl (C=O) groups excluding carboxylic acids is 3. The lowest BCUT2D eigenvalue weighted by atomic mass is 10.2. The van der Waals surface area contributed by atoms with Crippen LogP contribution in [0.5, 0.6) is 0 Å². The molecule has 0 spiro atoms. The van der Waals surface area contributed by atoms with E-state index in [1.54, 1.807) is 24.3 Å². The quantitative estimate of drug-likeness (QED) is 0.392. The van der Waals surface area contributed by atoms with E-state index < -0.39 is 35.9 Å². The van der Waals surface area contributed by atoms with Gasteiger partial charge in [-0.1, -0.05) is 29.8 Å². The number of amides is 2. The highest BCUT2D eigenvalue weighted by molar-refractivity contribution is 6.30. The summed E-state index contributed by atoms with van der Waals surface area (Å²) in [6, 6.07) is 11.9. The van der Waals surface area contributed by atoms with E-state index in [-0.39, 0.29) is 17.8 Å². The highest BCUT2D eigenvalue weighted by atomic mass is 35.5. The van der Waals surface area contributed by atoms with Crippen LogP contribution in [0.2, 0.25) is 5.02 Å². The second kappa shape index (κ2) is 10.0. The summed E-state index contributed by atoms with van der Waals surface area (Å²) >= 11 is 5.77. The molecule has 0 aromatic heterocycles. The number of nitro groups is 1. The Morgan fingerprint density at radius 1 is 1.07 bits per heavy atom. The number of ether oxygens (including phenoxy) is 1. The van der Waals surface area contributed by atoms with E-state index in [9.17, 15) is 24.5 Å². The smallest absolute Gasteiger partial charge is 0.325 e. The minimum Gasteiger partial charge on any atom is -0.454 e. The van der Waals surface area contributed by atoms with E-state index in [2.05, 4.69) is 10.6 Å². The second-order valence-corrected chi connectivity index (χ2v) is 5.99. The predicted octanol–water partition coefficient (Wildman–Crippen LogP) is 1.84. The van der Waals surface area contributed by atoms with Crippen molar-refractivity contribution in [3.63, 3.8) is 0 Å². The molecular formula is C18H16ClN3O6. The third-order valence-corrected chi connectivity index (χ3v) is 3.73. The maximum absolute atomic E-state index is 11.9. The summed E-state index contributed by atoms with van der Waals surface area (Å²) in [7, 11) is 0. The summed E-state index contributed by atoms with van der Waals surface area (Å²) in [5.74, 6) is -2.00. The van der Waals surface area contributed by atoms with E-state index in [0.29, 0.717) is 5.02 Å². The molecule has 2 aromatic rings. The molecule has 0 unspecified atom stereocenters. The Morgan fingerprint density at radius 3 is 2.46 bits per heavy atom. The van der Waals surface area contributed by atoms with Gasteiger partial charge in [0.25, 0.3) is 17.5 Å². The van der Waals surface area contributed by atoms with Crippen molar-refractivity contribution in [3.8, 4) is 0 Å². The van der Waals surface area contributed by atoms with Crippen molar-refractivity contribution in [3.05, 3.63) is 74.8 Å². The van der Waals surface area contributed by atoms with Crippen molar-refractivity contribution in [1.29, 1.82) is 0 Å². The van der Waals surface area contributed by atoms with Crippen molar-refractivity contribution in [2.45, 2.75) is 6.54 Å². The topological polar surface area (TPSA) is 128 Å². The normalized spacial score (nSPS) is 10.0. The lowest BCUT2D eigenvalue weighted by Gasteiger charge is -2.08. The van der Waals surface area contributed by atoms with E-state index in [4.69, 9.17) is 16.3 Å². The summed E-state index contributed by atoms with van der Waals surface area (Å²) < 4.78 is 4.76. The molecule has 0 heterocycles. The maximum Gasteiger partial charge on any atom is 0.325 e. The monoisotopic (exact) mass is 405 g/mol. The third kappa shape index (κ3) is 6.69. The van der Waals surface area contributed by atoms with Gasteiger partial charge in [-0.05, 0) is 23.8 Å². The number of non-ortho nitro benzene ring substituents is 1. The van der Waals surface area contributed by atoms with Gasteiger partial charge in [-0.2, -0.15) is 0 Å². The Morgan fingerprint density at radius 2 is 1.79 bits per heavy atom. The van der Waals surface area contributed by atoms with Crippen LogP contribution in [0.15, 0.2) is 48.5 Å². The van der Waals surface area contributed by atoms with Gasteiger partial charge in [0, 0.05) is 29.3 Å². The van der Waals surface area contributed by atoms with E-state index in [0.717, 1.165) is 11.6 Å². The fourth-order valence-corrected chi connectivity index (χ4v) is 2.19. The molecule has 28 heavy (non-hydrogen) atoms. The van der Waals surface area contributed by atoms with Crippen LogP contribution >= 0.6 is 11.6 Å². The van der Waals surface area contributed by atoms with Crippen LogP contribution < -0.4 is 10.6 Å². The molecule has 9 nitrogen and oxygen atoms in total. The molecule has 2 aromatic carbocycles. The van der Waals surface area contributed by atoms with Gasteiger partial charge in [-0.15, -0.1) is 0 Å². The summed E-state index contributed by atoms with van der Waals surface area (Å²) in [5.41, 5.74) is 0.614. The van der Waals surface area contributed by atoms with Crippen LogP contribution in [0, 0.1) is 10.1 Å². The molecule has 0 aliphatic rings. The number of benzene rings is 2. The molecule has 0 aliphatic heterocycles. The number of nitrogens with zero attached hydrogens (tertiary/aromatic N) is 1. The average molecular weight is 406 g/mol. The molecule has 2 N–H and O–H groups in total. The van der Waals surface area contributed by atoms with Gasteiger partial charge in [-0.25, -0.2) is 0 Å². The largest absolute Gasteiger partial charge is 0.454 e. The molecule has 0 aliphatic carbocycles. The molecule has 2 rings (SSSR count). The first-order valence-corrected chi connectivity index (χ1v) is 8.42. The highest BCUT2D eigenvalue weighted by Gasteiger charge is 2.13. The Kier molecular flexibility index (Phi) is 7.46. The maximum atomic E-state index is 11.9. The first-order valence-electron chi connectivity index (χ1n) is 8.04. The van der Waals surface area contributed by atoms with Gasteiger partial charge in [0.15, 0.2) is 6.61 Å². The molecule has 0 bridgehead atoms. The summed E-state index contributed by atoms with van der Waals surface area (Å²) in [6.07, 6.45) is 0. The molecule has 146 valence electrons. The molecule has 2 amide bonds. The van der Waals surface area contributed by atoms with Crippen LogP contribution in [0.3, 0.4) is 0 Å². The Labute approximate surface area is 164 Å². The van der Waals surface area contributed by atoms with Gasteiger partial charge >= 0.3 is 5.97 Å². The fraction of sp³-hybridized carbons (Fsp3) is 0.167. The van der Waals surface area contributed by atoms with Crippen LogP contribution in [-0.2, 0) is 20.9 Å². The zero-order valence-electron chi connectivity index (χ0n) is 14.5. The van der Waals surface area contributed by atoms with Crippen LogP contribution in [0.25, 0.3) is 0 Å². The number of nitrogens with one attached hydrogen (secondary N) is 2. The second-order valence-electron chi connectivity index (χ2n) is 5.55. The number of esters is 1. The number of rotatable bonds is 8.